The molecule has 0 aliphatic rings. The predicted octanol–water partition coefficient (Wildman–Crippen LogP) is 0.962. The first-order chi connectivity index (χ1) is 7.63. The fraction of sp³-hybridized carbons (Fsp3) is 0.222. The summed E-state index contributed by atoms with van der Waals surface area (Å²) in [6, 6.07) is 0. The van der Waals surface area contributed by atoms with Gasteiger partial charge >= 0.3 is 5.97 Å². The van der Waals surface area contributed by atoms with Gasteiger partial charge in [0.15, 0.2) is 0 Å². The third-order valence-corrected chi connectivity index (χ3v) is 2.35. The topological polar surface area (TPSA) is 76.5 Å². The lowest BCUT2D eigenvalue weighted by atomic mass is 10.3. The number of halogens is 1. The van der Waals surface area contributed by atoms with Crippen molar-refractivity contribution < 1.29 is 9.53 Å². The summed E-state index contributed by atoms with van der Waals surface area (Å²) in [6.07, 6.45) is 2.78. The van der Waals surface area contributed by atoms with Gasteiger partial charge in [-0.1, -0.05) is 0 Å². The minimum atomic E-state index is -0.643. The molecule has 0 atom stereocenters. The first kappa shape index (κ1) is 10.9. The Morgan fingerprint density at radius 1 is 1.69 bits per heavy atom. The molecule has 0 saturated heterocycles. The van der Waals surface area contributed by atoms with Crippen molar-refractivity contribution in [2.45, 2.75) is 6.92 Å². The van der Waals surface area contributed by atoms with Gasteiger partial charge in [0.1, 0.15) is 10.2 Å². The number of imidazole rings is 1. The molecule has 2 aromatic heterocycles. The highest BCUT2D eigenvalue weighted by molar-refractivity contribution is 9.10. The number of aromatic amines is 1. The van der Waals surface area contributed by atoms with E-state index in [1.807, 2.05) is 0 Å². The number of hydrogen-bond acceptors (Lipinski definition) is 4. The Labute approximate surface area is 98.4 Å². The summed E-state index contributed by atoms with van der Waals surface area (Å²) in [6.45, 7) is 1.91. The van der Waals surface area contributed by atoms with Gasteiger partial charge in [-0.25, -0.2) is 14.2 Å². The predicted molar refractivity (Wildman–Crippen MR) is 59.5 cm³/mol. The lowest BCUT2D eigenvalue weighted by molar-refractivity contribution is 0.0523. The number of hydrogen-bond donors (Lipinski definition) is 1. The molecule has 0 unspecified atom stereocenters. The number of carbonyl (C=O) groups excluding carboxylic acids is 1. The highest BCUT2D eigenvalue weighted by Crippen LogP contribution is 2.07. The number of rotatable bonds is 2. The van der Waals surface area contributed by atoms with Gasteiger partial charge in [0.25, 0.3) is 5.56 Å². The zero-order chi connectivity index (χ0) is 11.7. The van der Waals surface area contributed by atoms with Crippen LogP contribution in [-0.2, 0) is 4.74 Å². The first-order valence-electron chi connectivity index (χ1n) is 4.57. The number of ether oxygens (including phenoxy) is 1. The second-order valence-electron chi connectivity index (χ2n) is 2.99. The largest absolute Gasteiger partial charge is 0.462 e. The summed E-state index contributed by atoms with van der Waals surface area (Å²) >= 11 is 3.14. The van der Waals surface area contributed by atoms with E-state index >= 15 is 0 Å². The fourth-order valence-electron chi connectivity index (χ4n) is 1.29. The lowest BCUT2D eigenvalue weighted by Crippen LogP contribution is -2.23. The molecule has 0 saturated carbocycles. The molecule has 0 aromatic carbocycles. The van der Waals surface area contributed by atoms with Gasteiger partial charge in [0.05, 0.1) is 6.61 Å². The molecule has 0 bridgehead atoms. The molecule has 0 radical (unpaired) electrons. The van der Waals surface area contributed by atoms with Crippen molar-refractivity contribution in [3.05, 3.63) is 32.9 Å². The molecule has 84 valence electrons. The molecule has 2 rings (SSSR count). The Morgan fingerprint density at radius 2 is 2.44 bits per heavy atom. The van der Waals surface area contributed by atoms with Crippen LogP contribution in [0.4, 0.5) is 0 Å². The number of H-pyrrole nitrogens is 1. The van der Waals surface area contributed by atoms with Gasteiger partial charge in [0, 0.05) is 12.4 Å². The van der Waals surface area contributed by atoms with Crippen molar-refractivity contribution in [1.29, 1.82) is 0 Å². The lowest BCUT2D eigenvalue weighted by Gasteiger charge is -2.00. The maximum Gasteiger partial charge on any atom is 0.345 e. The van der Waals surface area contributed by atoms with E-state index in [0.29, 0.717) is 10.4 Å². The van der Waals surface area contributed by atoms with E-state index in [1.54, 1.807) is 6.92 Å². The summed E-state index contributed by atoms with van der Waals surface area (Å²) < 4.78 is 6.52. The van der Waals surface area contributed by atoms with Crippen LogP contribution in [0.3, 0.4) is 0 Å². The van der Waals surface area contributed by atoms with Crippen LogP contribution in [0.1, 0.15) is 17.3 Å². The molecule has 0 aliphatic carbocycles. The molecule has 16 heavy (non-hydrogen) atoms. The molecular formula is C9H8BrN3O3. The molecule has 2 aromatic rings. The van der Waals surface area contributed by atoms with Gasteiger partial charge in [0.2, 0.25) is 5.78 Å². The van der Waals surface area contributed by atoms with E-state index in [-0.39, 0.29) is 12.2 Å². The molecule has 7 heteroatoms. The minimum Gasteiger partial charge on any atom is -0.462 e. The maximum absolute atomic E-state index is 11.8. The molecule has 0 aliphatic heterocycles. The molecule has 0 spiro atoms. The van der Waals surface area contributed by atoms with E-state index in [1.165, 1.54) is 16.8 Å². The van der Waals surface area contributed by atoms with E-state index in [4.69, 9.17) is 4.74 Å². The maximum atomic E-state index is 11.8. The normalized spacial score (nSPS) is 10.6. The summed E-state index contributed by atoms with van der Waals surface area (Å²) in [5, 5.41) is 0. The van der Waals surface area contributed by atoms with Crippen molar-refractivity contribution in [1.82, 2.24) is 14.4 Å². The standard InChI is InChI=1S/C9H8BrN3O3/c1-2-16-8(15)5-3-11-9-12-6(10)4-13(9)7(5)14/h3-4H,2H2,1H3,(H,11,12). The fourth-order valence-corrected chi connectivity index (χ4v) is 1.66. The van der Waals surface area contributed by atoms with Crippen molar-refractivity contribution in [2.24, 2.45) is 0 Å². The Balaban J connectivity index is 2.60. The summed E-state index contributed by atoms with van der Waals surface area (Å²) in [7, 11) is 0. The number of carbonyl (C=O) groups is 1. The molecule has 6 nitrogen and oxygen atoms in total. The zero-order valence-electron chi connectivity index (χ0n) is 8.36. The van der Waals surface area contributed by atoms with Gasteiger partial charge in [-0.2, -0.15) is 0 Å². The van der Waals surface area contributed by atoms with Crippen LogP contribution in [0.2, 0.25) is 0 Å². The number of aromatic nitrogens is 3. The van der Waals surface area contributed by atoms with E-state index < -0.39 is 11.5 Å². The summed E-state index contributed by atoms with van der Waals surface area (Å²) in [5.41, 5.74) is -0.496. The summed E-state index contributed by atoms with van der Waals surface area (Å²) in [4.78, 5) is 30.0. The summed E-state index contributed by atoms with van der Waals surface area (Å²) in [5.74, 6) is -0.277. The quantitative estimate of drug-likeness (QED) is 0.834. The Morgan fingerprint density at radius 3 is 3.12 bits per heavy atom. The van der Waals surface area contributed by atoms with Crippen LogP contribution in [0, 0.1) is 0 Å². The number of nitrogens with zero attached hydrogens (tertiary/aromatic N) is 2. The van der Waals surface area contributed by atoms with Gasteiger partial charge in [-0.15, -0.1) is 0 Å². The van der Waals surface area contributed by atoms with E-state index in [0.717, 1.165) is 0 Å². The Bertz CT molecular complexity index is 602. The monoisotopic (exact) mass is 285 g/mol. The SMILES string of the molecule is CCOC(=O)c1c[nH]c2nc(Br)cn2c1=O. The zero-order valence-corrected chi connectivity index (χ0v) is 9.94. The Hall–Kier alpha value is -1.63. The van der Waals surface area contributed by atoms with Crippen LogP contribution in [0.25, 0.3) is 5.78 Å². The van der Waals surface area contributed by atoms with Gasteiger partial charge < -0.3 is 9.72 Å². The van der Waals surface area contributed by atoms with Crippen molar-refractivity contribution in [3.8, 4) is 0 Å². The van der Waals surface area contributed by atoms with Crippen molar-refractivity contribution in [3.63, 3.8) is 0 Å². The second-order valence-corrected chi connectivity index (χ2v) is 3.80. The highest BCUT2D eigenvalue weighted by Gasteiger charge is 2.14. The van der Waals surface area contributed by atoms with Crippen molar-refractivity contribution in [2.75, 3.05) is 6.61 Å². The van der Waals surface area contributed by atoms with E-state index in [9.17, 15) is 9.59 Å². The number of nitrogens with one attached hydrogen (secondary N) is 1. The smallest absolute Gasteiger partial charge is 0.345 e. The molecule has 0 fully saturated rings. The minimum absolute atomic E-state index is 0.0424. The molecule has 2 heterocycles. The molecular weight excluding hydrogens is 278 g/mol. The van der Waals surface area contributed by atoms with Gasteiger partial charge in [-0.05, 0) is 22.9 Å². The van der Waals surface area contributed by atoms with Crippen LogP contribution in [-0.4, -0.2) is 26.9 Å². The average Bonchev–Trinajstić information content (AvgIpc) is 2.60. The van der Waals surface area contributed by atoms with Gasteiger partial charge in [-0.3, -0.25) is 4.79 Å². The number of esters is 1. The van der Waals surface area contributed by atoms with Crippen LogP contribution in [0.15, 0.2) is 21.8 Å². The Kier molecular flexibility index (Phi) is 2.78. The van der Waals surface area contributed by atoms with Crippen LogP contribution in [0.5, 0.6) is 0 Å². The highest BCUT2D eigenvalue weighted by atomic mass is 79.9. The van der Waals surface area contributed by atoms with Crippen molar-refractivity contribution >= 4 is 27.7 Å². The first-order valence-corrected chi connectivity index (χ1v) is 5.36. The van der Waals surface area contributed by atoms with E-state index in [2.05, 4.69) is 25.9 Å². The number of fused-ring (bicyclic) bond motifs is 1. The third-order valence-electron chi connectivity index (χ3n) is 1.97. The average molecular weight is 286 g/mol. The van der Waals surface area contributed by atoms with Crippen LogP contribution < -0.4 is 5.56 Å². The molecule has 0 amide bonds. The second kappa shape index (κ2) is 4.09. The molecule has 1 N–H and O–H groups in total. The van der Waals surface area contributed by atoms with Crippen LogP contribution >= 0.6 is 15.9 Å². The third kappa shape index (κ3) is 1.73.